The summed E-state index contributed by atoms with van der Waals surface area (Å²) in [7, 11) is 0. The van der Waals surface area contributed by atoms with Crippen molar-refractivity contribution in [1.82, 2.24) is 0 Å². The van der Waals surface area contributed by atoms with Crippen LogP contribution in [0.1, 0.15) is 34.1 Å². The van der Waals surface area contributed by atoms with Crippen LogP contribution in [0.2, 0.25) is 0 Å². The van der Waals surface area contributed by atoms with Gasteiger partial charge in [-0.05, 0) is 27.2 Å². The topological polar surface area (TPSA) is 18.5 Å². The van der Waals surface area contributed by atoms with Crippen molar-refractivity contribution in [3.05, 3.63) is 6.10 Å². The second-order valence-corrected chi connectivity index (χ2v) is 2.20. The Labute approximate surface area is 63.5 Å². The summed E-state index contributed by atoms with van der Waals surface area (Å²) >= 11 is 0. The van der Waals surface area contributed by atoms with Gasteiger partial charge in [0.1, 0.15) is 0 Å². The van der Waals surface area contributed by atoms with Crippen LogP contribution in [0.3, 0.4) is 0 Å². The highest BCUT2D eigenvalue weighted by Gasteiger charge is 2.05. The van der Waals surface area contributed by atoms with E-state index in [9.17, 15) is 0 Å². The Kier molecular flexibility index (Phi) is 5.64. The lowest BCUT2D eigenvalue weighted by atomic mass is 10.3. The zero-order valence-corrected chi connectivity index (χ0v) is 7.31. The molecule has 1 radical (unpaired) electrons. The van der Waals surface area contributed by atoms with Crippen LogP contribution in [-0.2, 0) is 9.47 Å². The molecule has 0 spiro atoms. The molecule has 0 heterocycles. The molecule has 0 aromatic rings. The molecule has 2 heteroatoms. The molecule has 0 aromatic heterocycles. The van der Waals surface area contributed by atoms with Crippen LogP contribution in [0.25, 0.3) is 0 Å². The third-order valence-corrected chi connectivity index (χ3v) is 1.27. The quantitative estimate of drug-likeness (QED) is 0.553. The summed E-state index contributed by atoms with van der Waals surface area (Å²) in [5.41, 5.74) is 0. The standard InChI is InChI=1S/C8H17O2/c1-5-7(3)10-8(4)9-6-2/h8H,5-6H2,1-4H3. The first-order valence-electron chi connectivity index (χ1n) is 3.81. The van der Waals surface area contributed by atoms with Gasteiger partial charge >= 0.3 is 0 Å². The number of ether oxygens (including phenoxy) is 2. The maximum atomic E-state index is 5.33. The summed E-state index contributed by atoms with van der Waals surface area (Å²) < 4.78 is 10.5. The third-order valence-electron chi connectivity index (χ3n) is 1.27. The average Bonchev–Trinajstić information content (AvgIpc) is 1.88. The molecule has 1 atom stereocenters. The van der Waals surface area contributed by atoms with Gasteiger partial charge in [0, 0.05) is 6.61 Å². The summed E-state index contributed by atoms with van der Waals surface area (Å²) in [6.45, 7) is 8.60. The first-order valence-corrected chi connectivity index (χ1v) is 3.81. The zero-order chi connectivity index (χ0) is 7.98. The van der Waals surface area contributed by atoms with Gasteiger partial charge in [0.25, 0.3) is 0 Å². The molecule has 0 N–H and O–H groups in total. The lowest BCUT2D eigenvalue weighted by Gasteiger charge is -2.16. The van der Waals surface area contributed by atoms with Crippen molar-refractivity contribution in [1.29, 1.82) is 0 Å². The Balaban J connectivity index is 3.27. The molecule has 0 fully saturated rings. The highest BCUT2D eigenvalue weighted by atomic mass is 16.7. The van der Waals surface area contributed by atoms with E-state index in [0.29, 0.717) is 6.61 Å². The van der Waals surface area contributed by atoms with E-state index >= 15 is 0 Å². The highest BCUT2D eigenvalue weighted by molar-refractivity contribution is 4.67. The average molecular weight is 145 g/mol. The van der Waals surface area contributed by atoms with Crippen molar-refractivity contribution >= 4 is 0 Å². The molecule has 0 aromatic carbocycles. The molecule has 0 aliphatic heterocycles. The van der Waals surface area contributed by atoms with Crippen molar-refractivity contribution in [2.24, 2.45) is 0 Å². The van der Waals surface area contributed by atoms with Gasteiger partial charge < -0.3 is 9.47 Å². The van der Waals surface area contributed by atoms with Crippen molar-refractivity contribution in [2.45, 2.75) is 40.4 Å². The molecule has 0 rings (SSSR count). The van der Waals surface area contributed by atoms with Gasteiger partial charge in [0.05, 0.1) is 6.10 Å². The number of hydrogen-bond donors (Lipinski definition) is 0. The fourth-order valence-corrected chi connectivity index (χ4v) is 0.635. The van der Waals surface area contributed by atoms with E-state index in [2.05, 4.69) is 6.92 Å². The summed E-state index contributed by atoms with van der Waals surface area (Å²) in [5, 5.41) is 0. The molecule has 0 bridgehead atoms. The Morgan fingerprint density at radius 3 is 2.40 bits per heavy atom. The molecular formula is C8H17O2. The molecule has 1 unspecified atom stereocenters. The van der Waals surface area contributed by atoms with Gasteiger partial charge in [0.2, 0.25) is 0 Å². The fourth-order valence-electron chi connectivity index (χ4n) is 0.635. The smallest absolute Gasteiger partial charge is 0.155 e. The summed E-state index contributed by atoms with van der Waals surface area (Å²) in [4.78, 5) is 0. The van der Waals surface area contributed by atoms with Gasteiger partial charge in [-0.15, -0.1) is 0 Å². The monoisotopic (exact) mass is 145 g/mol. The van der Waals surface area contributed by atoms with Gasteiger partial charge in [-0.1, -0.05) is 6.92 Å². The molecule has 61 valence electrons. The lowest BCUT2D eigenvalue weighted by Crippen LogP contribution is -2.14. The fraction of sp³-hybridized carbons (Fsp3) is 0.875. The van der Waals surface area contributed by atoms with Crippen LogP contribution in [0, 0.1) is 6.10 Å². The summed E-state index contributed by atoms with van der Waals surface area (Å²) in [6.07, 6.45) is 1.89. The van der Waals surface area contributed by atoms with Gasteiger partial charge in [0.15, 0.2) is 6.29 Å². The third kappa shape index (κ3) is 4.77. The summed E-state index contributed by atoms with van der Waals surface area (Å²) in [6, 6.07) is 0. The van der Waals surface area contributed by atoms with E-state index in [0.717, 1.165) is 12.5 Å². The second kappa shape index (κ2) is 5.69. The molecule has 2 nitrogen and oxygen atoms in total. The van der Waals surface area contributed by atoms with Crippen LogP contribution in [-0.4, -0.2) is 12.9 Å². The van der Waals surface area contributed by atoms with Crippen LogP contribution in [0.15, 0.2) is 0 Å². The predicted molar refractivity (Wildman–Crippen MR) is 41.4 cm³/mol. The van der Waals surface area contributed by atoms with Crippen molar-refractivity contribution < 1.29 is 9.47 Å². The van der Waals surface area contributed by atoms with Crippen molar-refractivity contribution in [3.63, 3.8) is 0 Å². The van der Waals surface area contributed by atoms with Crippen LogP contribution >= 0.6 is 0 Å². The van der Waals surface area contributed by atoms with E-state index in [4.69, 9.17) is 9.47 Å². The van der Waals surface area contributed by atoms with E-state index in [1.165, 1.54) is 0 Å². The van der Waals surface area contributed by atoms with Crippen LogP contribution in [0.5, 0.6) is 0 Å². The van der Waals surface area contributed by atoms with Gasteiger partial charge in [-0.25, -0.2) is 0 Å². The normalized spacial score (nSPS) is 14.1. The molecule has 0 aliphatic rings. The summed E-state index contributed by atoms with van der Waals surface area (Å²) in [5.74, 6) is 0. The van der Waals surface area contributed by atoms with Gasteiger partial charge in [-0.3, -0.25) is 0 Å². The minimum atomic E-state index is -0.0926. The zero-order valence-electron chi connectivity index (χ0n) is 7.31. The molecular weight excluding hydrogens is 128 g/mol. The Hall–Kier alpha value is -0.0800. The van der Waals surface area contributed by atoms with Crippen molar-refractivity contribution in [2.75, 3.05) is 6.61 Å². The van der Waals surface area contributed by atoms with E-state index < -0.39 is 0 Å². The minimum Gasteiger partial charge on any atom is -0.353 e. The minimum absolute atomic E-state index is 0.0926. The molecule has 0 amide bonds. The SMILES string of the molecule is CCOC(C)O[C](C)CC. The molecule has 0 aliphatic carbocycles. The van der Waals surface area contributed by atoms with E-state index in [-0.39, 0.29) is 6.29 Å². The molecule has 10 heavy (non-hydrogen) atoms. The highest BCUT2D eigenvalue weighted by Crippen LogP contribution is 2.09. The molecule has 0 saturated carbocycles. The van der Waals surface area contributed by atoms with E-state index in [1.807, 2.05) is 20.8 Å². The maximum absolute atomic E-state index is 5.33. The van der Waals surface area contributed by atoms with Gasteiger partial charge in [-0.2, -0.15) is 0 Å². The lowest BCUT2D eigenvalue weighted by molar-refractivity contribution is -0.120. The Bertz CT molecular complexity index is 73.7. The maximum Gasteiger partial charge on any atom is 0.155 e. The Morgan fingerprint density at radius 1 is 1.40 bits per heavy atom. The van der Waals surface area contributed by atoms with Crippen LogP contribution in [0.4, 0.5) is 0 Å². The first kappa shape index (κ1) is 9.92. The number of rotatable bonds is 5. The largest absolute Gasteiger partial charge is 0.353 e. The second-order valence-electron chi connectivity index (χ2n) is 2.20. The van der Waals surface area contributed by atoms with Crippen LogP contribution < -0.4 is 0 Å². The van der Waals surface area contributed by atoms with E-state index in [1.54, 1.807) is 0 Å². The van der Waals surface area contributed by atoms with Crippen molar-refractivity contribution in [3.8, 4) is 0 Å². The molecule has 0 saturated heterocycles. The predicted octanol–water partition coefficient (Wildman–Crippen LogP) is 2.35. The number of hydrogen-bond acceptors (Lipinski definition) is 2. The Morgan fingerprint density at radius 2 is 2.00 bits per heavy atom. The first-order chi connectivity index (χ1) is 4.70.